The quantitative estimate of drug-likeness (QED) is 0.377. The molecule has 27 heavy (non-hydrogen) atoms. The highest BCUT2D eigenvalue weighted by Gasteiger charge is 2.45. The topological polar surface area (TPSA) is 78.9 Å². The maximum absolute atomic E-state index is 12.6. The zero-order valence-electron chi connectivity index (χ0n) is 17.9. The van der Waals surface area contributed by atoms with Crippen molar-refractivity contribution in [1.29, 1.82) is 0 Å². The van der Waals surface area contributed by atoms with Gasteiger partial charge in [-0.3, -0.25) is 4.79 Å². The molecule has 0 amide bonds. The van der Waals surface area contributed by atoms with Crippen molar-refractivity contribution in [2.75, 3.05) is 6.61 Å². The Morgan fingerprint density at radius 2 is 1.70 bits per heavy atom. The molecule has 0 aromatic carbocycles. The Labute approximate surface area is 162 Å². The highest BCUT2D eigenvalue weighted by Crippen LogP contribution is 2.40. The van der Waals surface area contributed by atoms with Gasteiger partial charge in [-0.05, 0) is 39.5 Å². The van der Waals surface area contributed by atoms with E-state index >= 15 is 0 Å². The lowest BCUT2D eigenvalue weighted by atomic mass is 9.69. The molecule has 1 aliphatic heterocycles. The van der Waals surface area contributed by atoms with Crippen LogP contribution >= 0.6 is 0 Å². The van der Waals surface area contributed by atoms with Crippen LogP contribution in [-0.2, 0) is 28.6 Å². The van der Waals surface area contributed by atoms with Crippen molar-refractivity contribution in [3.63, 3.8) is 0 Å². The Morgan fingerprint density at radius 1 is 1.11 bits per heavy atom. The molecule has 0 spiro atoms. The number of esters is 3. The molecule has 1 unspecified atom stereocenters. The second-order valence-corrected chi connectivity index (χ2v) is 9.06. The lowest BCUT2D eigenvalue weighted by molar-refractivity contribution is -0.191. The van der Waals surface area contributed by atoms with Crippen LogP contribution < -0.4 is 0 Å². The second kappa shape index (κ2) is 8.44. The van der Waals surface area contributed by atoms with Crippen molar-refractivity contribution >= 4 is 17.9 Å². The van der Waals surface area contributed by atoms with Crippen LogP contribution in [0, 0.1) is 10.8 Å². The summed E-state index contributed by atoms with van der Waals surface area (Å²) in [5, 5.41) is 0. The Balaban J connectivity index is 2.74. The third kappa shape index (κ3) is 5.81. The van der Waals surface area contributed by atoms with Gasteiger partial charge in [-0.2, -0.15) is 0 Å². The lowest BCUT2D eigenvalue weighted by Crippen LogP contribution is -2.47. The Morgan fingerprint density at radius 3 is 2.15 bits per heavy atom. The average molecular weight is 382 g/mol. The predicted octanol–water partition coefficient (Wildman–Crippen LogP) is 3.97. The summed E-state index contributed by atoms with van der Waals surface area (Å²) in [6.07, 6.45) is 2.95. The molecule has 1 atom stereocenters. The molecular weight excluding hydrogens is 348 g/mol. The molecular formula is C21H34O6. The number of cyclic esters (lactones) is 1. The van der Waals surface area contributed by atoms with E-state index in [0.29, 0.717) is 31.4 Å². The van der Waals surface area contributed by atoms with Gasteiger partial charge in [-0.25, -0.2) is 9.59 Å². The molecule has 0 bridgehead atoms. The number of ether oxygens (including phenoxy) is 3. The molecule has 6 heteroatoms. The van der Waals surface area contributed by atoms with Gasteiger partial charge in [-0.15, -0.1) is 0 Å². The molecule has 0 aromatic heterocycles. The maximum atomic E-state index is 12.6. The second-order valence-electron chi connectivity index (χ2n) is 9.06. The summed E-state index contributed by atoms with van der Waals surface area (Å²) in [5.74, 6) is -1.35. The van der Waals surface area contributed by atoms with E-state index in [0.717, 1.165) is 0 Å². The molecule has 1 aliphatic rings. The number of hydrogen-bond donors (Lipinski definition) is 0. The van der Waals surface area contributed by atoms with Crippen LogP contribution in [0.3, 0.4) is 0 Å². The first-order valence-corrected chi connectivity index (χ1v) is 9.53. The fraction of sp³-hybridized carbons (Fsp3) is 0.762. The van der Waals surface area contributed by atoms with Crippen LogP contribution in [0.4, 0.5) is 0 Å². The van der Waals surface area contributed by atoms with Gasteiger partial charge in [-0.1, -0.05) is 33.8 Å². The number of rotatable bonds is 7. The van der Waals surface area contributed by atoms with Gasteiger partial charge in [0.2, 0.25) is 5.60 Å². The van der Waals surface area contributed by atoms with E-state index in [1.165, 1.54) is 13.8 Å². The first-order valence-electron chi connectivity index (χ1n) is 9.53. The fourth-order valence-corrected chi connectivity index (χ4v) is 2.21. The first-order chi connectivity index (χ1) is 12.2. The van der Waals surface area contributed by atoms with Crippen LogP contribution in [0.2, 0.25) is 0 Å². The predicted molar refractivity (Wildman–Crippen MR) is 102 cm³/mol. The molecule has 154 valence electrons. The molecule has 1 saturated heterocycles. The highest BCUT2D eigenvalue weighted by atomic mass is 16.6. The smallest absolute Gasteiger partial charge is 0.350 e. The van der Waals surface area contributed by atoms with E-state index in [4.69, 9.17) is 14.2 Å². The molecule has 0 radical (unpaired) electrons. The molecule has 1 fully saturated rings. The summed E-state index contributed by atoms with van der Waals surface area (Å²) in [5.41, 5.74) is -1.87. The summed E-state index contributed by atoms with van der Waals surface area (Å²) in [6, 6.07) is 0. The first kappa shape index (κ1) is 23.2. The average Bonchev–Trinajstić information content (AvgIpc) is 2.94. The Hall–Kier alpha value is -1.85. The third-order valence-electron chi connectivity index (χ3n) is 5.45. The summed E-state index contributed by atoms with van der Waals surface area (Å²) in [6.45, 7) is 14.8. The standard InChI is InChI=1S/C21H34O6/c1-9-15(11-10-14-12-13-25-16(14)22)26-18(24)21(7,8)27-17(23)20(5,6)19(2,3)4/h10,15H,9,11-13H2,1-8H3/b14-10+. The number of hydrogen-bond acceptors (Lipinski definition) is 6. The molecule has 0 aliphatic carbocycles. The van der Waals surface area contributed by atoms with Gasteiger partial charge in [0.05, 0.1) is 12.0 Å². The van der Waals surface area contributed by atoms with Gasteiger partial charge in [0.25, 0.3) is 0 Å². The molecule has 1 rings (SSSR count). The Bertz CT molecular complexity index is 607. The third-order valence-corrected chi connectivity index (χ3v) is 5.45. The molecule has 1 heterocycles. The summed E-state index contributed by atoms with van der Waals surface area (Å²) in [4.78, 5) is 36.7. The van der Waals surface area contributed by atoms with Gasteiger partial charge in [0.15, 0.2) is 0 Å². The van der Waals surface area contributed by atoms with E-state index in [1.807, 2.05) is 27.7 Å². The van der Waals surface area contributed by atoms with Crippen LogP contribution in [-0.4, -0.2) is 36.2 Å². The van der Waals surface area contributed by atoms with Gasteiger partial charge in [0, 0.05) is 18.4 Å². The van der Waals surface area contributed by atoms with Crippen LogP contribution in [0.15, 0.2) is 11.6 Å². The van der Waals surface area contributed by atoms with Gasteiger partial charge in [0.1, 0.15) is 6.10 Å². The summed E-state index contributed by atoms with van der Waals surface area (Å²) in [7, 11) is 0. The van der Waals surface area contributed by atoms with Gasteiger partial charge >= 0.3 is 17.9 Å². The molecule has 6 nitrogen and oxygen atoms in total. The molecule has 0 aromatic rings. The lowest BCUT2D eigenvalue weighted by Gasteiger charge is -2.38. The minimum absolute atomic E-state index is 0.310. The largest absolute Gasteiger partial charge is 0.462 e. The van der Waals surface area contributed by atoms with Crippen molar-refractivity contribution in [3.8, 4) is 0 Å². The zero-order valence-corrected chi connectivity index (χ0v) is 17.9. The van der Waals surface area contributed by atoms with Crippen LogP contribution in [0.25, 0.3) is 0 Å². The monoisotopic (exact) mass is 382 g/mol. The van der Waals surface area contributed by atoms with Crippen molar-refractivity contribution in [3.05, 3.63) is 11.6 Å². The number of carbonyl (C=O) groups excluding carboxylic acids is 3. The van der Waals surface area contributed by atoms with Crippen molar-refractivity contribution in [2.24, 2.45) is 10.8 Å². The van der Waals surface area contributed by atoms with Crippen LogP contribution in [0.1, 0.15) is 74.7 Å². The van der Waals surface area contributed by atoms with E-state index < -0.39 is 29.1 Å². The minimum Gasteiger partial charge on any atom is -0.462 e. The Kier molecular flexibility index (Phi) is 7.25. The normalized spacial score (nSPS) is 18.2. The molecule has 0 saturated carbocycles. The van der Waals surface area contributed by atoms with E-state index in [9.17, 15) is 14.4 Å². The van der Waals surface area contributed by atoms with Crippen molar-refractivity contribution in [2.45, 2.75) is 86.4 Å². The zero-order chi connectivity index (χ0) is 21.0. The summed E-state index contributed by atoms with van der Waals surface area (Å²) >= 11 is 0. The maximum Gasteiger partial charge on any atom is 0.350 e. The van der Waals surface area contributed by atoms with Crippen molar-refractivity contribution < 1.29 is 28.6 Å². The fourth-order valence-electron chi connectivity index (χ4n) is 2.21. The minimum atomic E-state index is -1.40. The van der Waals surface area contributed by atoms with E-state index in [-0.39, 0.29) is 11.4 Å². The van der Waals surface area contributed by atoms with Gasteiger partial charge < -0.3 is 14.2 Å². The molecule has 0 N–H and O–H groups in total. The SMILES string of the molecule is CCC(C/C=C1\CCOC1=O)OC(=O)C(C)(C)OC(=O)C(C)(C)C(C)(C)C. The van der Waals surface area contributed by atoms with E-state index in [1.54, 1.807) is 19.9 Å². The highest BCUT2D eigenvalue weighted by molar-refractivity contribution is 5.90. The number of carbonyl (C=O) groups is 3. The van der Waals surface area contributed by atoms with E-state index in [2.05, 4.69) is 0 Å². The van der Waals surface area contributed by atoms with Crippen molar-refractivity contribution in [1.82, 2.24) is 0 Å². The van der Waals surface area contributed by atoms with Crippen LogP contribution in [0.5, 0.6) is 0 Å². The summed E-state index contributed by atoms with van der Waals surface area (Å²) < 4.78 is 16.0.